The van der Waals surface area contributed by atoms with Crippen molar-refractivity contribution in [2.75, 3.05) is 13.1 Å². The molecule has 2 fully saturated rings. The van der Waals surface area contributed by atoms with Gasteiger partial charge < -0.3 is 5.32 Å². The highest BCUT2D eigenvalue weighted by Crippen LogP contribution is 2.24. The molecule has 0 spiro atoms. The van der Waals surface area contributed by atoms with Gasteiger partial charge in [-0.3, -0.25) is 9.69 Å². The molecule has 1 aromatic carbocycles. The number of carbonyl (C=O) groups excluding carboxylic acids is 1. The fourth-order valence-electron chi connectivity index (χ4n) is 3.26. The van der Waals surface area contributed by atoms with E-state index in [9.17, 15) is 9.18 Å². The Labute approximate surface area is 131 Å². The standard InChI is InChI=1S/C18H25FN2O/c19-17-6-2-1-5-15(17)13-21-11-3-4-14(12-21)7-10-18(22)20-16-8-9-16/h1-2,5-6,14,16H,3-4,7-13H2,(H,20,22)/t14-/m0/s1. The Hall–Kier alpha value is -1.42. The molecule has 1 amide bonds. The maximum absolute atomic E-state index is 13.7. The van der Waals surface area contributed by atoms with Gasteiger partial charge in [0.25, 0.3) is 0 Å². The Morgan fingerprint density at radius 3 is 2.86 bits per heavy atom. The number of amides is 1. The fourth-order valence-corrected chi connectivity index (χ4v) is 3.26. The minimum Gasteiger partial charge on any atom is -0.353 e. The van der Waals surface area contributed by atoms with E-state index in [1.54, 1.807) is 6.07 Å². The first kappa shape index (κ1) is 15.5. The van der Waals surface area contributed by atoms with Crippen LogP contribution in [0, 0.1) is 11.7 Å². The van der Waals surface area contributed by atoms with Crippen molar-refractivity contribution < 1.29 is 9.18 Å². The minimum absolute atomic E-state index is 0.117. The van der Waals surface area contributed by atoms with Gasteiger partial charge >= 0.3 is 0 Å². The highest BCUT2D eigenvalue weighted by atomic mass is 19.1. The number of hydrogen-bond acceptors (Lipinski definition) is 2. The fraction of sp³-hybridized carbons (Fsp3) is 0.611. The topological polar surface area (TPSA) is 32.3 Å². The van der Waals surface area contributed by atoms with Crippen LogP contribution in [0.1, 0.15) is 44.1 Å². The summed E-state index contributed by atoms with van der Waals surface area (Å²) < 4.78 is 13.7. The minimum atomic E-state index is -0.117. The Balaban J connectivity index is 1.44. The second kappa shape index (κ2) is 7.23. The molecule has 1 aromatic rings. The van der Waals surface area contributed by atoms with E-state index in [0.717, 1.165) is 44.3 Å². The van der Waals surface area contributed by atoms with Gasteiger partial charge in [-0.2, -0.15) is 0 Å². The summed E-state index contributed by atoms with van der Waals surface area (Å²) in [7, 11) is 0. The lowest BCUT2D eigenvalue weighted by Gasteiger charge is -2.32. The van der Waals surface area contributed by atoms with E-state index in [1.807, 2.05) is 12.1 Å². The lowest BCUT2D eigenvalue weighted by atomic mass is 9.93. The number of likely N-dealkylation sites (tertiary alicyclic amines) is 1. The molecule has 1 aliphatic heterocycles. The molecule has 0 aromatic heterocycles. The van der Waals surface area contributed by atoms with E-state index < -0.39 is 0 Å². The number of nitrogens with one attached hydrogen (secondary N) is 1. The summed E-state index contributed by atoms with van der Waals surface area (Å²) in [6.07, 6.45) is 6.20. The molecular weight excluding hydrogens is 279 g/mol. The van der Waals surface area contributed by atoms with E-state index in [-0.39, 0.29) is 11.7 Å². The summed E-state index contributed by atoms with van der Waals surface area (Å²) in [5.74, 6) is 0.646. The van der Waals surface area contributed by atoms with Crippen LogP contribution in [0.4, 0.5) is 4.39 Å². The second-order valence-corrected chi connectivity index (χ2v) is 6.72. The first-order chi connectivity index (χ1) is 10.7. The third-order valence-electron chi connectivity index (χ3n) is 4.68. The molecule has 4 heteroatoms. The maximum Gasteiger partial charge on any atom is 0.220 e. The number of nitrogens with zero attached hydrogens (tertiary/aromatic N) is 1. The van der Waals surface area contributed by atoms with Gasteiger partial charge in [-0.05, 0) is 50.6 Å². The Morgan fingerprint density at radius 1 is 1.27 bits per heavy atom. The molecule has 2 aliphatic rings. The van der Waals surface area contributed by atoms with Crippen molar-refractivity contribution in [1.29, 1.82) is 0 Å². The summed E-state index contributed by atoms with van der Waals surface area (Å²) in [6.45, 7) is 2.68. The average molecular weight is 304 g/mol. The number of halogens is 1. The van der Waals surface area contributed by atoms with Crippen molar-refractivity contribution in [2.45, 2.75) is 51.1 Å². The van der Waals surface area contributed by atoms with Crippen LogP contribution < -0.4 is 5.32 Å². The monoisotopic (exact) mass is 304 g/mol. The Morgan fingerprint density at radius 2 is 2.09 bits per heavy atom. The molecule has 22 heavy (non-hydrogen) atoms. The summed E-state index contributed by atoms with van der Waals surface area (Å²) in [5.41, 5.74) is 0.773. The van der Waals surface area contributed by atoms with Crippen LogP contribution in [-0.2, 0) is 11.3 Å². The Kier molecular flexibility index (Phi) is 5.08. The largest absolute Gasteiger partial charge is 0.353 e. The lowest BCUT2D eigenvalue weighted by Crippen LogP contribution is -2.36. The third kappa shape index (κ3) is 4.54. The molecule has 0 radical (unpaired) electrons. The van der Waals surface area contributed by atoms with Crippen LogP contribution in [0.2, 0.25) is 0 Å². The van der Waals surface area contributed by atoms with E-state index in [4.69, 9.17) is 0 Å². The molecule has 0 bridgehead atoms. The summed E-state index contributed by atoms with van der Waals surface area (Å²) >= 11 is 0. The van der Waals surface area contributed by atoms with Crippen LogP contribution in [0.3, 0.4) is 0 Å². The van der Waals surface area contributed by atoms with Gasteiger partial charge in [0.15, 0.2) is 0 Å². The van der Waals surface area contributed by atoms with Crippen LogP contribution in [0.25, 0.3) is 0 Å². The molecule has 1 aliphatic carbocycles. The van der Waals surface area contributed by atoms with Crippen molar-refractivity contribution in [3.8, 4) is 0 Å². The van der Waals surface area contributed by atoms with Crippen LogP contribution in [0.15, 0.2) is 24.3 Å². The van der Waals surface area contributed by atoms with E-state index in [1.165, 1.54) is 12.5 Å². The molecule has 1 saturated heterocycles. The summed E-state index contributed by atoms with van der Waals surface area (Å²) in [4.78, 5) is 14.1. The summed E-state index contributed by atoms with van der Waals surface area (Å²) in [6, 6.07) is 7.47. The number of benzene rings is 1. The first-order valence-electron chi connectivity index (χ1n) is 8.46. The molecule has 1 atom stereocenters. The van der Waals surface area contributed by atoms with Crippen molar-refractivity contribution >= 4 is 5.91 Å². The SMILES string of the molecule is O=C(CC[C@@H]1CCCN(Cc2ccccc2F)C1)NC1CC1. The zero-order valence-electron chi connectivity index (χ0n) is 13.1. The second-order valence-electron chi connectivity index (χ2n) is 6.72. The molecule has 0 unspecified atom stereocenters. The molecular formula is C18H25FN2O. The van der Waals surface area contributed by atoms with E-state index in [0.29, 0.717) is 24.9 Å². The number of piperidine rings is 1. The summed E-state index contributed by atoms with van der Waals surface area (Å²) in [5, 5.41) is 3.05. The van der Waals surface area contributed by atoms with Crippen molar-refractivity contribution in [1.82, 2.24) is 10.2 Å². The molecule has 1 N–H and O–H groups in total. The number of carbonyl (C=O) groups is 1. The normalized spacial score (nSPS) is 22.5. The average Bonchev–Trinajstić information content (AvgIpc) is 3.32. The zero-order chi connectivity index (χ0) is 15.4. The van der Waals surface area contributed by atoms with Crippen LogP contribution >= 0.6 is 0 Å². The number of rotatable bonds is 6. The first-order valence-corrected chi connectivity index (χ1v) is 8.46. The van der Waals surface area contributed by atoms with Gasteiger partial charge in [-0.25, -0.2) is 4.39 Å². The van der Waals surface area contributed by atoms with Gasteiger partial charge in [0.05, 0.1) is 0 Å². The smallest absolute Gasteiger partial charge is 0.220 e. The molecule has 3 rings (SSSR count). The third-order valence-corrected chi connectivity index (χ3v) is 4.68. The highest BCUT2D eigenvalue weighted by Gasteiger charge is 2.25. The maximum atomic E-state index is 13.7. The van der Waals surface area contributed by atoms with Gasteiger partial charge in [0.2, 0.25) is 5.91 Å². The van der Waals surface area contributed by atoms with Gasteiger partial charge in [-0.1, -0.05) is 18.2 Å². The van der Waals surface area contributed by atoms with Crippen LogP contribution in [-0.4, -0.2) is 29.9 Å². The number of hydrogen-bond donors (Lipinski definition) is 1. The van der Waals surface area contributed by atoms with Crippen molar-refractivity contribution in [3.63, 3.8) is 0 Å². The van der Waals surface area contributed by atoms with Crippen LogP contribution in [0.5, 0.6) is 0 Å². The van der Waals surface area contributed by atoms with E-state index >= 15 is 0 Å². The van der Waals surface area contributed by atoms with Gasteiger partial charge in [-0.15, -0.1) is 0 Å². The highest BCUT2D eigenvalue weighted by molar-refractivity contribution is 5.76. The predicted molar refractivity (Wildman–Crippen MR) is 84.8 cm³/mol. The van der Waals surface area contributed by atoms with Gasteiger partial charge in [0, 0.05) is 31.1 Å². The van der Waals surface area contributed by atoms with E-state index in [2.05, 4.69) is 10.2 Å². The van der Waals surface area contributed by atoms with Crippen molar-refractivity contribution in [2.24, 2.45) is 5.92 Å². The predicted octanol–water partition coefficient (Wildman–Crippen LogP) is 3.10. The molecule has 1 heterocycles. The molecule has 3 nitrogen and oxygen atoms in total. The lowest BCUT2D eigenvalue weighted by molar-refractivity contribution is -0.121. The molecule has 120 valence electrons. The molecule has 1 saturated carbocycles. The zero-order valence-corrected chi connectivity index (χ0v) is 13.1. The quantitative estimate of drug-likeness (QED) is 0.876. The van der Waals surface area contributed by atoms with Gasteiger partial charge in [0.1, 0.15) is 5.82 Å². The Bertz CT molecular complexity index is 516. The van der Waals surface area contributed by atoms with Crippen molar-refractivity contribution in [3.05, 3.63) is 35.6 Å².